The van der Waals surface area contributed by atoms with E-state index in [1.165, 1.54) is 11.3 Å². The second-order valence-electron chi connectivity index (χ2n) is 7.33. The fourth-order valence-corrected chi connectivity index (χ4v) is 3.90. The average Bonchev–Trinajstić information content (AvgIpc) is 3.12. The molecular formula is C24H20N4O4. The monoisotopic (exact) mass is 428 g/mol. The van der Waals surface area contributed by atoms with Crippen molar-refractivity contribution in [3.8, 4) is 17.2 Å². The Hall–Kier alpha value is -4.20. The number of fused-ring (bicyclic) bond motifs is 4. The standard InChI is InChI=1S/C24H20N4O4/c1-4-31-17-11-9-16(10-12-17)27-13-20(32-15(3)29)21-22(27)25-14(2)28-23(21)26-19-8-6-5-7-18(19)24(28)30/h5-13H,4H2,1-3H3. The Morgan fingerprint density at radius 1 is 1.03 bits per heavy atom. The van der Waals surface area contributed by atoms with Crippen molar-refractivity contribution >= 4 is 33.6 Å². The smallest absolute Gasteiger partial charge is 0.308 e. The Kier molecular flexibility index (Phi) is 4.62. The van der Waals surface area contributed by atoms with Gasteiger partial charge in [0.2, 0.25) is 0 Å². The maximum atomic E-state index is 13.2. The first-order valence-electron chi connectivity index (χ1n) is 10.2. The van der Waals surface area contributed by atoms with Crippen LogP contribution >= 0.6 is 0 Å². The zero-order chi connectivity index (χ0) is 22.4. The number of carbonyl (C=O) groups is 1. The van der Waals surface area contributed by atoms with Gasteiger partial charge in [0.1, 0.15) is 17.0 Å². The minimum Gasteiger partial charge on any atom is -0.494 e. The predicted octanol–water partition coefficient (Wildman–Crippen LogP) is 3.82. The van der Waals surface area contributed by atoms with Crippen LogP contribution < -0.4 is 15.0 Å². The molecule has 32 heavy (non-hydrogen) atoms. The molecule has 8 heteroatoms. The lowest BCUT2D eigenvalue weighted by Gasteiger charge is -2.10. The number of benzene rings is 2. The van der Waals surface area contributed by atoms with Gasteiger partial charge >= 0.3 is 5.97 Å². The lowest BCUT2D eigenvalue weighted by Crippen LogP contribution is -2.19. The summed E-state index contributed by atoms with van der Waals surface area (Å²) in [6.07, 6.45) is 1.69. The minimum atomic E-state index is -0.474. The van der Waals surface area contributed by atoms with Gasteiger partial charge in [0, 0.05) is 12.6 Å². The molecule has 0 aliphatic rings. The molecule has 0 saturated carbocycles. The van der Waals surface area contributed by atoms with Crippen molar-refractivity contribution in [3.63, 3.8) is 0 Å². The topological polar surface area (TPSA) is 87.7 Å². The van der Waals surface area contributed by atoms with Gasteiger partial charge in [0.25, 0.3) is 5.56 Å². The summed E-state index contributed by atoms with van der Waals surface area (Å²) in [5.74, 6) is 1.05. The van der Waals surface area contributed by atoms with Gasteiger partial charge in [0.05, 0.1) is 23.7 Å². The summed E-state index contributed by atoms with van der Waals surface area (Å²) in [5.41, 5.74) is 2.06. The quantitative estimate of drug-likeness (QED) is 0.319. The van der Waals surface area contributed by atoms with E-state index in [-0.39, 0.29) is 11.3 Å². The third kappa shape index (κ3) is 3.08. The summed E-state index contributed by atoms with van der Waals surface area (Å²) in [6, 6.07) is 14.7. The molecule has 5 rings (SSSR count). The van der Waals surface area contributed by atoms with Gasteiger partial charge in [-0.05, 0) is 50.2 Å². The van der Waals surface area contributed by atoms with Crippen LogP contribution in [0.5, 0.6) is 11.5 Å². The lowest BCUT2D eigenvalue weighted by molar-refractivity contribution is -0.131. The highest BCUT2D eigenvalue weighted by Gasteiger charge is 2.21. The molecule has 5 aromatic rings. The molecule has 0 radical (unpaired) electrons. The van der Waals surface area contributed by atoms with Crippen LogP contribution in [0.3, 0.4) is 0 Å². The summed E-state index contributed by atoms with van der Waals surface area (Å²) in [6.45, 7) is 5.59. The SMILES string of the molecule is CCOc1ccc(-n2cc(OC(C)=O)c3c2nc(C)n2c(=O)c4ccccc4nc32)cc1. The number of aromatic nitrogens is 4. The summed E-state index contributed by atoms with van der Waals surface area (Å²) < 4.78 is 14.3. The highest BCUT2D eigenvalue weighted by atomic mass is 16.5. The van der Waals surface area contributed by atoms with E-state index in [0.717, 1.165) is 11.4 Å². The second kappa shape index (κ2) is 7.49. The molecule has 0 N–H and O–H groups in total. The summed E-state index contributed by atoms with van der Waals surface area (Å²) in [7, 11) is 0. The third-order valence-corrected chi connectivity index (χ3v) is 5.21. The van der Waals surface area contributed by atoms with E-state index in [0.29, 0.717) is 40.0 Å². The summed E-state index contributed by atoms with van der Waals surface area (Å²) in [5, 5.41) is 0.983. The molecule has 0 aliphatic heterocycles. The molecule has 0 spiro atoms. The Morgan fingerprint density at radius 2 is 1.78 bits per heavy atom. The first kappa shape index (κ1) is 19.7. The van der Waals surface area contributed by atoms with E-state index >= 15 is 0 Å². The number of nitrogens with zero attached hydrogens (tertiary/aromatic N) is 4. The normalized spacial score (nSPS) is 11.3. The molecule has 160 valence electrons. The first-order chi connectivity index (χ1) is 15.5. The van der Waals surface area contributed by atoms with Gasteiger partial charge in [-0.25, -0.2) is 14.4 Å². The van der Waals surface area contributed by atoms with Gasteiger partial charge < -0.3 is 9.47 Å². The highest BCUT2D eigenvalue weighted by molar-refractivity contribution is 5.99. The minimum absolute atomic E-state index is 0.222. The first-order valence-corrected chi connectivity index (χ1v) is 10.2. The molecule has 2 aromatic carbocycles. The van der Waals surface area contributed by atoms with E-state index in [4.69, 9.17) is 19.4 Å². The van der Waals surface area contributed by atoms with Crippen molar-refractivity contribution in [1.29, 1.82) is 0 Å². The van der Waals surface area contributed by atoms with Crippen LogP contribution in [0.2, 0.25) is 0 Å². The van der Waals surface area contributed by atoms with Crippen molar-refractivity contribution in [2.45, 2.75) is 20.8 Å². The molecule has 3 heterocycles. The van der Waals surface area contributed by atoms with Crippen molar-refractivity contribution in [3.05, 3.63) is 70.9 Å². The van der Waals surface area contributed by atoms with Crippen LogP contribution in [0.15, 0.2) is 59.5 Å². The van der Waals surface area contributed by atoms with Crippen LogP contribution in [0, 0.1) is 6.92 Å². The number of hydrogen-bond donors (Lipinski definition) is 0. The van der Waals surface area contributed by atoms with Crippen LogP contribution in [0.4, 0.5) is 0 Å². The highest BCUT2D eigenvalue weighted by Crippen LogP contribution is 2.33. The third-order valence-electron chi connectivity index (χ3n) is 5.21. The molecule has 0 aliphatic carbocycles. The lowest BCUT2D eigenvalue weighted by atomic mass is 10.2. The number of ether oxygens (including phenoxy) is 2. The van der Waals surface area contributed by atoms with Crippen molar-refractivity contribution in [1.82, 2.24) is 18.9 Å². The molecule has 0 fully saturated rings. The fourth-order valence-electron chi connectivity index (χ4n) is 3.90. The summed E-state index contributed by atoms with van der Waals surface area (Å²) in [4.78, 5) is 34.5. The average molecular weight is 428 g/mol. The number of carbonyl (C=O) groups excluding carboxylic acids is 1. The van der Waals surface area contributed by atoms with E-state index < -0.39 is 5.97 Å². The molecule has 0 atom stereocenters. The second-order valence-corrected chi connectivity index (χ2v) is 7.33. The molecule has 0 bridgehead atoms. The van der Waals surface area contributed by atoms with Gasteiger partial charge in [-0.15, -0.1) is 0 Å². The Morgan fingerprint density at radius 3 is 2.50 bits per heavy atom. The number of para-hydroxylation sites is 1. The molecule has 8 nitrogen and oxygen atoms in total. The predicted molar refractivity (Wildman–Crippen MR) is 121 cm³/mol. The number of aryl methyl sites for hydroxylation is 1. The van der Waals surface area contributed by atoms with E-state index in [1.807, 2.05) is 41.8 Å². The maximum Gasteiger partial charge on any atom is 0.308 e. The van der Waals surface area contributed by atoms with Gasteiger partial charge in [0.15, 0.2) is 17.0 Å². The summed E-state index contributed by atoms with van der Waals surface area (Å²) >= 11 is 0. The van der Waals surface area contributed by atoms with Crippen LogP contribution in [-0.2, 0) is 4.79 Å². The number of esters is 1. The Balaban J connectivity index is 1.87. The Bertz CT molecular complexity index is 1570. The molecule has 0 amide bonds. The zero-order valence-corrected chi connectivity index (χ0v) is 17.8. The fraction of sp³-hybridized carbons (Fsp3) is 0.167. The van der Waals surface area contributed by atoms with E-state index in [1.54, 1.807) is 31.3 Å². The van der Waals surface area contributed by atoms with Crippen molar-refractivity contribution in [2.75, 3.05) is 6.61 Å². The van der Waals surface area contributed by atoms with Gasteiger partial charge in [-0.1, -0.05) is 12.1 Å². The maximum absolute atomic E-state index is 13.2. The largest absolute Gasteiger partial charge is 0.494 e. The van der Waals surface area contributed by atoms with Crippen LogP contribution in [-0.4, -0.2) is 31.5 Å². The molecule has 0 saturated heterocycles. The van der Waals surface area contributed by atoms with E-state index in [9.17, 15) is 9.59 Å². The molecule has 0 unspecified atom stereocenters. The van der Waals surface area contributed by atoms with E-state index in [2.05, 4.69) is 0 Å². The molecule has 3 aromatic heterocycles. The molecular weight excluding hydrogens is 408 g/mol. The number of rotatable bonds is 4. The van der Waals surface area contributed by atoms with Crippen LogP contribution in [0.25, 0.3) is 33.3 Å². The Labute approximate surface area is 182 Å². The van der Waals surface area contributed by atoms with Crippen LogP contribution in [0.1, 0.15) is 19.7 Å². The van der Waals surface area contributed by atoms with Crippen molar-refractivity contribution < 1.29 is 14.3 Å². The van der Waals surface area contributed by atoms with Gasteiger partial charge in [-0.3, -0.25) is 14.2 Å². The number of hydrogen-bond acceptors (Lipinski definition) is 6. The zero-order valence-electron chi connectivity index (χ0n) is 17.8. The van der Waals surface area contributed by atoms with Gasteiger partial charge in [-0.2, -0.15) is 0 Å². The van der Waals surface area contributed by atoms with Crippen molar-refractivity contribution in [2.24, 2.45) is 0 Å².